The van der Waals surface area contributed by atoms with Crippen molar-refractivity contribution in [1.29, 1.82) is 0 Å². The van der Waals surface area contributed by atoms with Gasteiger partial charge in [-0.25, -0.2) is 9.78 Å². The summed E-state index contributed by atoms with van der Waals surface area (Å²) in [6.07, 6.45) is 4.51. The van der Waals surface area contributed by atoms with Gasteiger partial charge < -0.3 is 15.7 Å². The van der Waals surface area contributed by atoms with Crippen molar-refractivity contribution >= 4 is 28.7 Å². The maximum absolute atomic E-state index is 13.2. The minimum Gasteiger partial charge on any atom is -0.507 e. The lowest BCUT2D eigenvalue weighted by Gasteiger charge is -2.25. The minimum absolute atomic E-state index is 0.0625. The Morgan fingerprint density at radius 1 is 1.00 bits per heavy atom. The van der Waals surface area contributed by atoms with E-state index in [0.29, 0.717) is 34.5 Å². The van der Waals surface area contributed by atoms with Gasteiger partial charge in [-0.2, -0.15) is 9.78 Å². The van der Waals surface area contributed by atoms with Crippen molar-refractivity contribution in [2.24, 2.45) is 0 Å². The lowest BCUT2D eigenvalue weighted by Crippen LogP contribution is -2.31. The zero-order valence-electron chi connectivity index (χ0n) is 22.0. The van der Waals surface area contributed by atoms with Crippen molar-refractivity contribution in [1.82, 2.24) is 25.1 Å². The number of carbonyl (C=O) groups excluding carboxylic acids is 2. The molecule has 2 heterocycles. The largest absolute Gasteiger partial charge is 0.507 e. The van der Waals surface area contributed by atoms with E-state index in [9.17, 15) is 14.7 Å². The van der Waals surface area contributed by atoms with Crippen LogP contribution in [0.15, 0.2) is 79.0 Å². The molecule has 200 valence electrons. The summed E-state index contributed by atoms with van der Waals surface area (Å²) in [5, 5.41) is 21.2. The van der Waals surface area contributed by atoms with Crippen LogP contribution in [0.5, 0.6) is 5.75 Å². The second-order valence-electron chi connectivity index (χ2n) is 10.0. The molecule has 0 radical (unpaired) electrons. The predicted octanol–water partition coefficient (Wildman–Crippen LogP) is 5.79. The molecule has 9 heteroatoms. The molecule has 2 amide bonds. The second-order valence-corrected chi connectivity index (χ2v) is 10.0. The smallest absolute Gasteiger partial charge is 0.342 e. The normalized spacial score (nSPS) is 13.1. The average Bonchev–Trinajstić information content (AvgIpc) is 3.35. The van der Waals surface area contributed by atoms with E-state index in [1.807, 2.05) is 55.5 Å². The molecule has 40 heavy (non-hydrogen) atoms. The number of para-hydroxylation sites is 2. The van der Waals surface area contributed by atoms with Crippen molar-refractivity contribution in [2.75, 3.05) is 5.32 Å². The molecule has 1 fully saturated rings. The number of carbonyl (C=O) groups is 2. The summed E-state index contributed by atoms with van der Waals surface area (Å²) in [5.74, 6) is -0.256. The van der Waals surface area contributed by atoms with Crippen molar-refractivity contribution < 1.29 is 14.7 Å². The van der Waals surface area contributed by atoms with Crippen LogP contribution in [0.4, 0.5) is 10.5 Å². The molecule has 9 nitrogen and oxygen atoms in total. The van der Waals surface area contributed by atoms with E-state index in [2.05, 4.69) is 25.7 Å². The van der Waals surface area contributed by atoms with Gasteiger partial charge in [0.25, 0.3) is 5.91 Å². The van der Waals surface area contributed by atoms with E-state index >= 15 is 0 Å². The van der Waals surface area contributed by atoms with Crippen molar-refractivity contribution in [3.63, 3.8) is 0 Å². The third kappa shape index (κ3) is 5.01. The number of nitrogens with one attached hydrogen (secondary N) is 2. The number of rotatable bonds is 6. The van der Waals surface area contributed by atoms with Gasteiger partial charge >= 0.3 is 6.03 Å². The third-order valence-corrected chi connectivity index (χ3v) is 7.36. The number of hydrogen-bond acceptors (Lipinski definition) is 6. The Kier molecular flexibility index (Phi) is 6.69. The molecule has 3 N–H and O–H groups in total. The monoisotopic (exact) mass is 532 g/mol. The Hall–Kier alpha value is -5.05. The van der Waals surface area contributed by atoms with E-state index < -0.39 is 5.91 Å². The van der Waals surface area contributed by atoms with E-state index in [1.165, 1.54) is 16.9 Å². The summed E-state index contributed by atoms with van der Waals surface area (Å²) in [7, 11) is 0. The number of anilines is 1. The number of hydrogen-bond donors (Lipinski definition) is 3. The average molecular weight is 533 g/mol. The molecule has 0 bridgehead atoms. The lowest BCUT2D eigenvalue weighted by molar-refractivity contribution is 0.102. The van der Waals surface area contributed by atoms with Gasteiger partial charge in [0.15, 0.2) is 0 Å². The fourth-order valence-electron chi connectivity index (χ4n) is 4.83. The van der Waals surface area contributed by atoms with Crippen LogP contribution < -0.4 is 10.6 Å². The first-order valence-corrected chi connectivity index (χ1v) is 13.3. The highest BCUT2D eigenvalue weighted by Crippen LogP contribution is 2.39. The summed E-state index contributed by atoms with van der Waals surface area (Å²) in [5.41, 5.74) is 5.82. The van der Waals surface area contributed by atoms with Gasteiger partial charge in [0.2, 0.25) is 0 Å². The fraction of sp³-hybridized carbons (Fsp3) is 0.194. The fourth-order valence-corrected chi connectivity index (χ4v) is 4.83. The zero-order chi connectivity index (χ0) is 27.6. The number of phenols is 1. The van der Waals surface area contributed by atoms with Gasteiger partial charge in [-0.15, -0.1) is 0 Å². The van der Waals surface area contributed by atoms with Gasteiger partial charge in [0, 0.05) is 29.8 Å². The highest BCUT2D eigenvalue weighted by atomic mass is 16.3. The number of aryl methyl sites for hydroxylation is 1. The molecule has 5 aromatic rings. The van der Waals surface area contributed by atoms with Gasteiger partial charge in [-0.1, -0.05) is 42.8 Å². The quantitative estimate of drug-likeness (QED) is 0.255. The van der Waals surface area contributed by atoms with Gasteiger partial charge in [-0.3, -0.25) is 9.78 Å². The Labute approximate surface area is 230 Å². The molecule has 0 atom stereocenters. The molecule has 1 aliphatic rings. The number of fused-ring (bicyclic) bond motifs is 1. The van der Waals surface area contributed by atoms with Gasteiger partial charge in [0.05, 0.1) is 28.6 Å². The second kappa shape index (κ2) is 10.6. The van der Waals surface area contributed by atoms with Crippen LogP contribution in [-0.2, 0) is 6.54 Å². The number of phenolic OH excluding ortho intramolecular Hbond substituents is 1. The molecule has 1 saturated carbocycles. The molecule has 0 aliphatic heterocycles. The minimum atomic E-state index is -0.438. The van der Waals surface area contributed by atoms with Crippen LogP contribution in [0.1, 0.15) is 52.5 Å². The van der Waals surface area contributed by atoms with Crippen LogP contribution in [0, 0.1) is 6.92 Å². The number of benzene rings is 3. The van der Waals surface area contributed by atoms with Crippen molar-refractivity contribution in [3.8, 4) is 17.0 Å². The summed E-state index contributed by atoms with van der Waals surface area (Å²) in [4.78, 5) is 34.6. The topological polar surface area (TPSA) is 122 Å². The van der Waals surface area contributed by atoms with Gasteiger partial charge in [0.1, 0.15) is 11.4 Å². The van der Waals surface area contributed by atoms with Crippen LogP contribution in [0.25, 0.3) is 22.3 Å². The Morgan fingerprint density at radius 2 is 1.77 bits per heavy atom. The molecule has 1 aliphatic carbocycles. The first-order valence-electron chi connectivity index (χ1n) is 13.3. The predicted molar refractivity (Wildman–Crippen MR) is 152 cm³/mol. The van der Waals surface area contributed by atoms with Crippen molar-refractivity contribution in [2.45, 2.75) is 38.6 Å². The summed E-state index contributed by atoms with van der Waals surface area (Å²) < 4.78 is 1.42. The Bertz CT molecular complexity index is 1740. The maximum atomic E-state index is 13.2. The Balaban J connectivity index is 1.22. The summed E-state index contributed by atoms with van der Waals surface area (Å²) in [6.45, 7) is 2.41. The van der Waals surface area contributed by atoms with E-state index in [-0.39, 0.29) is 23.4 Å². The number of nitrogens with zero attached hydrogens (tertiary/aromatic N) is 4. The maximum Gasteiger partial charge on any atom is 0.342 e. The SMILES string of the molecule is Cc1ccccc1CNC(=O)n1nc(-c2ccc(NC(=O)c3cnc4ccccc4n3)cc2O)cc1C1CCC1. The molecule has 2 aromatic heterocycles. The number of aromatic nitrogens is 4. The molecule has 0 unspecified atom stereocenters. The first kappa shape index (κ1) is 25.2. The van der Waals surface area contributed by atoms with Crippen LogP contribution in [0.3, 0.4) is 0 Å². The molecular weight excluding hydrogens is 504 g/mol. The molecule has 0 spiro atoms. The first-order chi connectivity index (χ1) is 19.5. The highest BCUT2D eigenvalue weighted by molar-refractivity contribution is 6.03. The molecule has 0 saturated heterocycles. The Morgan fingerprint density at radius 3 is 2.52 bits per heavy atom. The highest BCUT2D eigenvalue weighted by Gasteiger charge is 2.27. The third-order valence-electron chi connectivity index (χ3n) is 7.36. The molecule has 6 rings (SSSR count). The van der Waals surface area contributed by atoms with E-state index in [1.54, 1.807) is 18.2 Å². The van der Waals surface area contributed by atoms with Crippen LogP contribution in [-0.4, -0.2) is 36.8 Å². The summed E-state index contributed by atoms with van der Waals surface area (Å²) >= 11 is 0. The van der Waals surface area contributed by atoms with Crippen LogP contribution in [0.2, 0.25) is 0 Å². The standard InChI is InChI=1S/C31H28N6O3/c1-19-7-2-3-8-21(19)17-33-31(40)37-28(20-9-6-10-20)16-26(36-37)23-14-13-22(15-29(23)38)34-30(39)27-18-32-24-11-4-5-12-25(24)35-27/h2-5,7-8,11-16,18,20,38H,6,9-10,17H2,1H3,(H,33,40)(H,34,39). The lowest BCUT2D eigenvalue weighted by atomic mass is 9.82. The number of aromatic hydroxyl groups is 1. The van der Waals surface area contributed by atoms with Crippen molar-refractivity contribution in [3.05, 3.63) is 102 Å². The molecule has 3 aromatic carbocycles. The number of amides is 2. The van der Waals surface area contributed by atoms with E-state index in [0.717, 1.165) is 36.1 Å². The molecular formula is C31H28N6O3. The van der Waals surface area contributed by atoms with E-state index in [4.69, 9.17) is 0 Å². The summed E-state index contributed by atoms with van der Waals surface area (Å²) in [6, 6.07) is 21.6. The van der Waals surface area contributed by atoms with Gasteiger partial charge in [-0.05, 0) is 61.2 Å². The van der Waals surface area contributed by atoms with Crippen LogP contribution >= 0.6 is 0 Å². The zero-order valence-corrected chi connectivity index (χ0v) is 22.0.